The van der Waals surface area contributed by atoms with E-state index in [1.54, 1.807) is 30.5 Å². The average Bonchev–Trinajstić information content (AvgIpc) is 2.81. The van der Waals surface area contributed by atoms with Crippen LogP contribution in [-0.4, -0.2) is 6.04 Å². The van der Waals surface area contributed by atoms with Crippen LogP contribution in [0.5, 0.6) is 5.75 Å². The summed E-state index contributed by atoms with van der Waals surface area (Å²) in [6, 6.07) is 9.16. The molecule has 0 bridgehead atoms. The van der Waals surface area contributed by atoms with E-state index < -0.39 is 0 Å². The molecule has 0 aliphatic rings. The number of nitrogens with two attached hydrogens (primary N) is 1. The van der Waals surface area contributed by atoms with E-state index in [-0.39, 0.29) is 18.0 Å². The molecule has 0 amide bonds. The van der Waals surface area contributed by atoms with Crippen LogP contribution in [0, 0.1) is 5.82 Å². The van der Waals surface area contributed by atoms with Gasteiger partial charge in [0.15, 0.2) is 6.10 Å². The molecule has 90 valence electrons. The Kier molecular flexibility index (Phi) is 3.44. The fourth-order valence-electron chi connectivity index (χ4n) is 1.54. The Labute approximate surface area is 99.0 Å². The van der Waals surface area contributed by atoms with Gasteiger partial charge in [0, 0.05) is 6.04 Å². The minimum absolute atomic E-state index is 0.230. The van der Waals surface area contributed by atoms with Crippen molar-refractivity contribution < 1.29 is 13.5 Å². The fraction of sp³-hybridized carbons (Fsp3) is 0.231. The molecule has 0 radical (unpaired) electrons. The van der Waals surface area contributed by atoms with Crippen molar-refractivity contribution in [2.75, 3.05) is 0 Å². The van der Waals surface area contributed by atoms with E-state index in [2.05, 4.69) is 0 Å². The Morgan fingerprint density at radius 1 is 1.24 bits per heavy atom. The van der Waals surface area contributed by atoms with Crippen LogP contribution in [0.2, 0.25) is 0 Å². The summed E-state index contributed by atoms with van der Waals surface area (Å²) in [6.45, 7) is 1.83. The zero-order valence-corrected chi connectivity index (χ0v) is 9.47. The van der Waals surface area contributed by atoms with Crippen LogP contribution in [0.4, 0.5) is 4.39 Å². The number of ether oxygens (including phenoxy) is 1. The summed E-state index contributed by atoms with van der Waals surface area (Å²) in [4.78, 5) is 0. The molecule has 0 aliphatic heterocycles. The Bertz CT molecular complexity index is 451. The first-order valence-corrected chi connectivity index (χ1v) is 5.38. The highest BCUT2D eigenvalue weighted by Crippen LogP contribution is 2.24. The van der Waals surface area contributed by atoms with Gasteiger partial charge in [0.2, 0.25) is 0 Å². The highest BCUT2D eigenvalue weighted by Gasteiger charge is 2.20. The second-order valence-corrected chi connectivity index (χ2v) is 3.87. The van der Waals surface area contributed by atoms with Crippen LogP contribution in [0.3, 0.4) is 0 Å². The zero-order chi connectivity index (χ0) is 12.3. The Morgan fingerprint density at radius 3 is 2.47 bits per heavy atom. The summed E-state index contributed by atoms with van der Waals surface area (Å²) in [6.07, 6.45) is 1.19. The average molecular weight is 235 g/mol. The molecule has 1 heterocycles. The molecule has 0 spiro atoms. The second-order valence-electron chi connectivity index (χ2n) is 3.87. The van der Waals surface area contributed by atoms with E-state index in [0.29, 0.717) is 11.5 Å². The lowest BCUT2D eigenvalue weighted by Crippen LogP contribution is -2.28. The third-order valence-corrected chi connectivity index (χ3v) is 2.38. The van der Waals surface area contributed by atoms with Gasteiger partial charge in [-0.2, -0.15) is 0 Å². The van der Waals surface area contributed by atoms with Crippen LogP contribution in [0.15, 0.2) is 47.1 Å². The van der Waals surface area contributed by atoms with E-state index in [4.69, 9.17) is 14.9 Å². The van der Waals surface area contributed by atoms with Gasteiger partial charge in [-0.25, -0.2) is 4.39 Å². The first-order valence-electron chi connectivity index (χ1n) is 5.38. The lowest BCUT2D eigenvalue weighted by Gasteiger charge is -2.20. The van der Waals surface area contributed by atoms with Gasteiger partial charge in [-0.1, -0.05) is 0 Å². The quantitative estimate of drug-likeness (QED) is 0.886. The van der Waals surface area contributed by atoms with Crippen LogP contribution >= 0.6 is 0 Å². The maximum absolute atomic E-state index is 12.8. The number of benzene rings is 1. The van der Waals surface area contributed by atoms with Crippen LogP contribution < -0.4 is 10.5 Å². The molecule has 2 atom stereocenters. The molecule has 0 saturated carbocycles. The molecule has 3 nitrogen and oxygen atoms in total. The number of halogens is 1. The molecular weight excluding hydrogens is 221 g/mol. The van der Waals surface area contributed by atoms with Crippen molar-refractivity contribution >= 4 is 0 Å². The third-order valence-electron chi connectivity index (χ3n) is 2.38. The summed E-state index contributed by atoms with van der Waals surface area (Å²) in [5.41, 5.74) is 5.85. The summed E-state index contributed by atoms with van der Waals surface area (Å²) in [5.74, 6) is 0.919. The predicted octanol–water partition coefficient (Wildman–Crippen LogP) is 2.89. The van der Waals surface area contributed by atoms with Gasteiger partial charge in [0.1, 0.15) is 17.3 Å². The fourth-order valence-corrected chi connectivity index (χ4v) is 1.54. The van der Waals surface area contributed by atoms with Gasteiger partial charge in [-0.15, -0.1) is 0 Å². The van der Waals surface area contributed by atoms with Gasteiger partial charge in [-0.05, 0) is 43.3 Å². The predicted molar refractivity (Wildman–Crippen MR) is 62.1 cm³/mol. The largest absolute Gasteiger partial charge is 0.481 e. The second kappa shape index (κ2) is 5.01. The molecule has 2 aromatic rings. The van der Waals surface area contributed by atoms with E-state index in [0.717, 1.165) is 0 Å². The van der Waals surface area contributed by atoms with Crippen molar-refractivity contribution in [3.63, 3.8) is 0 Å². The maximum Gasteiger partial charge on any atom is 0.171 e. The van der Waals surface area contributed by atoms with Crippen molar-refractivity contribution in [2.45, 2.75) is 19.1 Å². The van der Waals surface area contributed by atoms with Crippen molar-refractivity contribution in [3.05, 3.63) is 54.2 Å². The highest BCUT2D eigenvalue weighted by atomic mass is 19.1. The van der Waals surface area contributed by atoms with Crippen LogP contribution in [0.1, 0.15) is 18.8 Å². The lowest BCUT2D eigenvalue weighted by atomic mass is 10.1. The van der Waals surface area contributed by atoms with Gasteiger partial charge in [-0.3, -0.25) is 0 Å². The number of rotatable bonds is 4. The SMILES string of the molecule is CC(N)C(Oc1ccc(F)cc1)c1ccco1. The summed E-state index contributed by atoms with van der Waals surface area (Å²) in [5, 5.41) is 0. The van der Waals surface area contributed by atoms with Gasteiger partial charge >= 0.3 is 0 Å². The topological polar surface area (TPSA) is 48.4 Å². The molecule has 0 saturated heterocycles. The van der Waals surface area contributed by atoms with Crippen molar-refractivity contribution in [1.29, 1.82) is 0 Å². The van der Waals surface area contributed by atoms with Crippen LogP contribution in [0.25, 0.3) is 0 Å². The third kappa shape index (κ3) is 2.85. The first-order chi connectivity index (χ1) is 8.16. The molecule has 1 aromatic carbocycles. The molecule has 2 unspecified atom stereocenters. The molecule has 1 aromatic heterocycles. The number of hydrogen-bond acceptors (Lipinski definition) is 3. The smallest absolute Gasteiger partial charge is 0.171 e. The van der Waals surface area contributed by atoms with Gasteiger partial charge in [0.25, 0.3) is 0 Å². The van der Waals surface area contributed by atoms with E-state index >= 15 is 0 Å². The Balaban J connectivity index is 2.16. The van der Waals surface area contributed by atoms with Crippen molar-refractivity contribution in [1.82, 2.24) is 0 Å². The summed E-state index contributed by atoms with van der Waals surface area (Å²) < 4.78 is 23.7. The van der Waals surface area contributed by atoms with Crippen LogP contribution in [-0.2, 0) is 0 Å². The molecule has 2 N–H and O–H groups in total. The minimum atomic E-state index is -0.379. The minimum Gasteiger partial charge on any atom is -0.481 e. The molecule has 4 heteroatoms. The zero-order valence-electron chi connectivity index (χ0n) is 9.47. The van der Waals surface area contributed by atoms with E-state index in [1.165, 1.54) is 12.1 Å². The maximum atomic E-state index is 12.8. The number of hydrogen-bond donors (Lipinski definition) is 1. The van der Waals surface area contributed by atoms with Gasteiger partial charge < -0.3 is 14.9 Å². The highest BCUT2D eigenvalue weighted by molar-refractivity contribution is 5.23. The molecule has 17 heavy (non-hydrogen) atoms. The Morgan fingerprint density at radius 2 is 1.94 bits per heavy atom. The normalized spacial score (nSPS) is 14.3. The van der Waals surface area contributed by atoms with E-state index in [9.17, 15) is 4.39 Å². The Hall–Kier alpha value is -1.81. The molecule has 0 aliphatic carbocycles. The first kappa shape index (κ1) is 11.7. The van der Waals surface area contributed by atoms with Crippen molar-refractivity contribution in [2.24, 2.45) is 5.73 Å². The molecular formula is C13H14FNO2. The monoisotopic (exact) mass is 235 g/mol. The summed E-state index contributed by atoms with van der Waals surface area (Å²) in [7, 11) is 0. The molecule has 2 rings (SSSR count). The number of furan rings is 1. The van der Waals surface area contributed by atoms with E-state index in [1.807, 2.05) is 6.92 Å². The molecule has 0 fully saturated rings. The summed E-state index contributed by atoms with van der Waals surface area (Å²) >= 11 is 0. The standard InChI is InChI=1S/C13H14FNO2/c1-9(15)13(12-3-2-8-16-12)17-11-6-4-10(14)5-7-11/h2-9,13H,15H2,1H3. The lowest BCUT2D eigenvalue weighted by molar-refractivity contribution is 0.153. The van der Waals surface area contributed by atoms with Crippen molar-refractivity contribution in [3.8, 4) is 5.75 Å². The van der Waals surface area contributed by atoms with Gasteiger partial charge in [0.05, 0.1) is 6.26 Å².